The normalized spacial score (nSPS) is 19.3. The quantitative estimate of drug-likeness (QED) is 0.663. The molecule has 31 heavy (non-hydrogen) atoms. The number of aryl methyl sites for hydroxylation is 1. The Morgan fingerprint density at radius 2 is 1.87 bits per heavy atom. The van der Waals surface area contributed by atoms with Crippen LogP contribution in [0.2, 0.25) is 0 Å². The second kappa shape index (κ2) is 9.78. The molecule has 1 atom stereocenters. The van der Waals surface area contributed by atoms with Gasteiger partial charge in [0.25, 0.3) is 5.91 Å². The number of rotatable bonds is 2. The summed E-state index contributed by atoms with van der Waals surface area (Å²) in [5.41, 5.74) is 2.54. The number of aromatic nitrogens is 3. The molecular formula is C23H30N6O2. The van der Waals surface area contributed by atoms with E-state index < -0.39 is 0 Å². The summed E-state index contributed by atoms with van der Waals surface area (Å²) >= 11 is 0. The Hall–Kier alpha value is -3.13. The first-order chi connectivity index (χ1) is 15.1. The van der Waals surface area contributed by atoms with E-state index in [1.807, 2.05) is 59.2 Å². The maximum absolute atomic E-state index is 13.3. The minimum atomic E-state index is -0.0372. The van der Waals surface area contributed by atoms with Crippen LogP contribution in [-0.2, 0) is 11.8 Å². The van der Waals surface area contributed by atoms with Crippen LogP contribution in [0.5, 0.6) is 0 Å². The van der Waals surface area contributed by atoms with Gasteiger partial charge in [0.05, 0.1) is 6.20 Å². The number of benzene rings is 1. The Morgan fingerprint density at radius 1 is 1.06 bits per heavy atom. The van der Waals surface area contributed by atoms with Gasteiger partial charge in [0.2, 0.25) is 5.91 Å². The van der Waals surface area contributed by atoms with E-state index in [1.165, 1.54) is 0 Å². The SMILES string of the molecule is Cn1ccn2ncc(C(=O)N3CCCCNC(=O)CC(c4ccccc4)NCCC3)c12. The molecule has 0 aliphatic carbocycles. The van der Waals surface area contributed by atoms with E-state index in [4.69, 9.17) is 0 Å². The molecule has 3 aromatic rings. The molecule has 3 heterocycles. The summed E-state index contributed by atoms with van der Waals surface area (Å²) in [4.78, 5) is 27.6. The van der Waals surface area contributed by atoms with Crippen molar-refractivity contribution in [1.82, 2.24) is 29.7 Å². The van der Waals surface area contributed by atoms with Crippen LogP contribution in [0.15, 0.2) is 48.9 Å². The average Bonchev–Trinajstić information content (AvgIpc) is 3.37. The summed E-state index contributed by atoms with van der Waals surface area (Å²) in [6.07, 6.45) is 8.31. The van der Waals surface area contributed by atoms with Crippen molar-refractivity contribution < 1.29 is 9.59 Å². The van der Waals surface area contributed by atoms with Gasteiger partial charge in [0.15, 0.2) is 0 Å². The fourth-order valence-electron chi connectivity index (χ4n) is 4.14. The number of amides is 2. The molecule has 164 valence electrons. The van der Waals surface area contributed by atoms with Gasteiger partial charge < -0.3 is 20.1 Å². The van der Waals surface area contributed by atoms with Gasteiger partial charge >= 0.3 is 0 Å². The predicted octanol–water partition coefficient (Wildman–Crippen LogP) is 2.14. The number of imidazole rings is 1. The van der Waals surface area contributed by atoms with Gasteiger partial charge in [0.1, 0.15) is 11.2 Å². The summed E-state index contributed by atoms with van der Waals surface area (Å²) in [5, 5.41) is 10.8. The third-order valence-electron chi connectivity index (χ3n) is 5.82. The number of fused-ring (bicyclic) bond motifs is 1. The van der Waals surface area contributed by atoms with Crippen LogP contribution in [0.25, 0.3) is 5.65 Å². The molecule has 1 unspecified atom stereocenters. The molecule has 4 rings (SSSR count). The van der Waals surface area contributed by atoms with Gasteiger partial charge in [-0.2, -0.15) is 5.10 Å². The smallest absolute Gasteiger partial charge is 0.259 e. The van der Waals surface area contributed by atoms with Crippen LogP contribution >= 0.6 is 0 Å². The monoisotopic (exact) mass is 422 g/mol. The molecule has 1 aliphatic rings. The molecule has 2 amide bonds. The van der Waals surface area contributed by atoms with Crippen molar-refractivity contribution in [3.63, 3.8) is 0 Å². The number of nitrogens with zero attached hydrogens (tertiary/aromatic N) is 4. The maximum atomic E-state index is 13.3. The molecule has 0 spiro atoms. The van der Waals surface area contributed by atoms with Crippen LogP contribution < -0.4 is 10.6 Å². The lowest BCUT2D eigenvalue weighted by molar-refractivity contribution is -0.121. The lowest BCUT2D eigenvalue weighted by atomic mass is 10.0. The first-order valence-electron chi connectivity index (χ1n) is 11.0. The highest BCUT2D eigenvalue weighted by atomic mass is 16.2. The fourth-order valence-corrected chi connectivity index (χ4v) is 4.14. The summed E-state index contributed by atoms with van der Waals surface area (Å²) in [7, 11) is 1.92. The van der Waals surface area contributed by atoms with Gasteiger partial charge in [0, 0.05) is 51.5 Å². The lowest BCUT2D eigenvalue weighted by Crippen LogP contribution is -2.35. The van der Waals surface area contributed by atoms with E-state index in [0.29, 0.717) is 31.6 Å². The fraction of sp³-hybridized carbons (Fsp3) is 0.435. The van der Waals surface area contributed by atoms with Crippen LogP contribution in [0.4, 0.5) is 0 Å². The van der Waals surface area contributed by atoms with Crippen molar-refractivity contribution in [3.8, 4) is 0 Å². The Morgan fingerprint density at radius 3 is 2.71 bits per heavy atom. The highest BCUT2D eigenvalue weighted by Crippen LogP contribution is 2.18. The van der Waals surface area contributed by atoms with Crippen LogP contribution in [0, 0.1) is 0 Å². The molecule has 0 bridgehead atoms. The highest BCUT2D eigenvalue weighted by Gasteiger charge is 2.22. The van der Waals surface area contributed by atoms with E-state index in [0.717, 1.165) is 37.0 Å². The van der Waals surface area contributed by atoms with Gasteiger partial charge in [-0.1, -0.05) is 30.3 Å². The van der Waals surface area contributed by atoms with Gasteiger partial charge in [-0.3, -0.25) is 9.59 Å². The van der Waals surface area contributed by atoms with Crippen molar-refractivity contribution in [1.29, 1.82) is 0 Å². The Balaban J connectivity index is 1.47. The third kappa shape index (κ3) is 4.96. The van der Waals surface area contributed by atoms with Gasteiger partial charge in [-0.05, 0) is 31.4 Å². The average molecular weight is 423 g/mol. The molecule has 2 aromatic heterocycles. The van der Waals surface area contributed by atoms with Crippen molar-refractivity contribution >= 4 is 17.5 Å². The largest absolute Gasteiger partial charge is 0.356 e. The molecule has 0 saturated carbocycles. The maximum Gasteiger partial charge on any atom is 0.259 e. The van der Waals surface area contributed by atoms with E-state index in [2.05, 4.69) is 15.7 Å². The van der Waals surface area contributed by atoms with Crippen LogP contribution in [0.3, 0.4) is 0 Å². The van der Waals surface area contributed by atoms with E-state index >= 15 is 0 Å². The molecule has 2 N–H and O–H groups in total. The Labute approximate surface area is 182 Å². The Kier molecular flexibility index (Phi) is 6.66. The summed E-state index contributed by atoms with van der Waals surface area (Å²) in [5.74, 6) is 0.0647. The van der Waals surface area contributed by atoms with Crippen molar-refractivity contribution in [3.05, 3.63) is 60.0 Å². The number of hydrogen-bond acceptors (Lipinski definition) is 4. The van der Waals surface area contributed by atoms with Crippen molar-refractivity contribution in [2.75, 3.05) is 26.2 Å². The predicted molar refractivity (Wildman–Crippen MR) is 119 cm³/mol. The highest BCUT2D eigenvalue weighted by molar-refractivity contribution is 5.99. The molecule has 8 heteroatoms. The second-order valence-electron chi connectivity index (χ2n) is 8.06. The first kappa shape index (κ1) is 21.1. The van der Waals surface area contributed by atoms with E-state index in [9.17, 15) is 9.59 Å². The zero-order chi connectivity index (χ0) is 21.6. The second-order valence-corrected chi connectivity index (χ2v) is 8.06. The van der Waals surface area contributed by atoms with Crippen LogP contribution in [0.1, 0.15) is 47.6 Å². The molecular weight excluding hydrogens is 392 g/mol. The number of nitrogens with one attached hydrogen (secondary N) is 2. The Bertz CT molecular complexity index is 1030. The minimum Gasteiger partial charge on any atom is -0.356 e. The zero-order valence-electron chi connectivity index (χ0n) is 18.0. The van der Waals surface area contributed by atoms with Gasteiger partial charge in [-0.25, -0.2) is 4.52 Å². The molecule has 8 nitrogen and oxygen atoms in total. The molecule has 1 aromatic carbocycles. The van der Waals surface area contributed by atoms with Crippen molar-refractivity contribution in [2.24, 2.45) is 7.05 Å². The summed E-state index contributed by atoms with van der Waals surface area (Å²) < 4.78 is 3.65. The number of carbonyl (C=O) groups excluding carboxylic acids is 2. The topological polar surface area (TPSA) is 83.7 Å². The van der Waals surface area contributed by atoms with Crippen LogP contribution in [-0.4, -0.2) is 57.1 Å². The number of hydrogen-bond donors (Lipinski definition) is 2. The van der Waals surface area contributed by atoms with E-state index in [1.54, 1.807) is 10.7 Å². The molecule has 1 aliphatic heterocycles. The van der Waals surface area contributed by atoms with Gasteiger partial charge in [-0.15, -0.1) is 0 Å². The van der Waals surface area contributed by atoms with E-state index in [-0.39, 0.29) is 17.9 Å². The standard InChI is InChI=1S/C23H30N6O2/c1-27-14-15-29-22(27)19(17-26-29)23(31)28-12-6-5-10-25-21(30)16-20(24-11-7-13-28)18-8-3-2-4-9-18/h2-4,8-9,14-15,17,20,24H,5-7,10-13,16H2,1H3,(H,25,30). The first-order valence-corrected chi connectivity index (χ1v) is 11.0. The summed E-state index contributed by atoms with van der Waals surface area (Å²) in [6.45, 7) is 2.68. The molecule has 0 radical (unpaired) electrons. The third-order valence-corrected chi connectivity index (χ3v) is 5.82. The molecule has 1 saturated heterocycles. The lowest BCUT2D eigenvalue weighted by Gasteiger charge is -2.23. The van der Waals surface area contributed by atoms with Crippen molar-refractivity contribution in [2.45, 2.75) is 31.7 Å². The molecule has 1 fully saturated rings. The zero-order valence-corrected chi connectivity index (χ0v) is 18.0. The minimum absolute atomic E-state index is 0.00955. The number of carbonyl (C=O) groups is 2. The summed E-state index contributed by atoms with van der Waals surface area (Å²) in [6, 6.07) is 10.0.